The minimum atomic E-state index is 0.285. The molecule has 48 valence electrons. The zero-order valence-electron chi connectivity index (χ0n) is 5.55. The Bertz CT molecular complexity index is 175. The maximum Gasteiger partial charge on any atom is 0.162 e. The van der Waals surface area contributed by atoms with Gasteiger partial charge in [-0.05, 0) is 13.3 Å². The molecule has 1 aliphatic rings. The molecule has 0 saturated carbocycles. The molecule has 1 rings (SSSR count). The van der Waals surface area contributed by atoms with E-state index < -0.39 is 0 Å². The quantitative estimate of drug-likeness (QED) is 0.518. The molecule has 0 aromatic rings. The number of carbonyl (C=O) groups is 1. The molecule has 9 heavy (non-hydrogen) atoms. The van der Waals surface area contributed by atoms with Crippen molar-refractivity contribution in [2.45, 2.75) is 19.8 Å². The van der Waals surface area contributed by atoms with Gasteiger partial charge in [0.15, 0.2) is 5.78 Å². The van der Waals surface area contributed by atoms with Gasteiger partial charge in [0.2, 0.25) is 0 Å². The minimum Gasteiger partial charge on any atom is -0.294 e. The highest BCUT2D eigenvalue weighted by molar-refractivity contribution is 6.00. The molecule has 0 unspecified atom stereocenters. The smallest absolute Gasteiger partial charge is 0.162 e. The summed E-state index contributed by atoms with van der Waals surface area (Å²) in [6.07, 6.45) is 7.39. The van der Waals surface area contributed by atoms with E-state index in [-0.39, 0.29) is 5.78 Å². The van der Waals surface area contributed by atoms with E-state index in [9.17, 15) is 4.79 Å². The Kier molecular flexibility index (Phi) is 1.83. The highest BCUT2D eigenvalue weighted by Gasteiger charge is 2.10. The second kappa shape index (κ2) is 2.62. The Hall–Kier alpha value is -0.850. The molecule has 0 bridgehead atoms. The van der Waals surface area contributed by atoms with E-state index in [1.807, 2.05) is 25.2 Å². The second-order valence-electron chi connectivity index (χ2n) is 2.12. The van der Waals surface area contributed by atoms with Crippen molar-refractivity contribution in [3.05, 3.63) is 23.8 Å². The average molecular weight is 122 g/mol. The van der Waals surface area contributed by atoms with Crippen molar-refractivity contribution in [1.82, 2.24) is 0 Å². The fourth-order valence-corrected chi connectivity index (χ4v) is 0.957. The summed E-state index contributed by atoms with van der Waals surface area (Å²) < 4.78 is 0. The van der Waals surface area contributed by atoms with Crippen LogP contribution < -0.4 is 0 Å². The first-order chi connectivity index (χ1) is 4.34. The van der Waals surface area contributed by atoms with Crippen LogP contribution in [-0.2, 0) is 4.79 Å². The molecule has 0 aromatic carbocycles. The fourth-order valence-electron chi connectivity index (χ4n) is 0.957. The van der Waals surface area contributed by atoms with Crippen LogP contribution in [0.25, 0.3) is 0 Å². The van der Waals surface area contributed by atoms with Crippen LogP contribution in [0.15, 0.2) is 23.8 Å². The number of Topliss-reactive ketones (excluding diaryl/α,β-unsaturated/α-hetero) is 1. The Balaban J connectivity index is 2.68. The maximum atomic E-state index is 10.8. The Morgan fingerprint density at radius 2 is 2.44 bits per heavy atom. The third kappa shape index (κ3) is 1.28. The van der Waals surface area contributed by atoms with Crippen molar-refractivity contribution >= 4 is 5.78 Å². The van der Waals surface area contributed by atoms with E-state index in [2.05, 4.69) is 0 Å². The van der Waals surface area contributed by atoms with Gasteiger partial charge in [-0.15, -0.1) is 0 Å². The summed E-state index contributed by atoms with van der Waals surface area (Å²) >= 11 is 0. The third-order valence-corrected chi connectivity index (χ3v) is 1.40. The number of allylic oxidation sites excluding steroid dienone is 4. The standard InChI is InChI=1S/C8H10O/c1-2-4-7-5-3-6-8(7)9/h2,4-5H,3,6H2,1H3/b4-2+. The van der Waals surface area contributed by atoms with Crippen molar-refractivity contribution in [3.8, 4) is 0 Å². The summed E-state index contributed by atoms with van der Waals surface area (Å²) in [4.78, 5) is 10.8. The zero-order valence-corrected chi connectivity index (χ0v) is 5.55. The van der Waals surface area contributed by atoms with Gasteiger partial charge in [0.05, 0.1) is 0 Å². The van der Waals surface area contributed by atoms with Crippen molar-refractivity contribution < 1.29 is 4.79 Å². The van der Waals surface area contributed by atoms with E-state index in [4.69, 9.17) is 0 Å². The van der Waals surface area contributed by atoms with Crippen LogP contribution in [0, 0.1) is 0 Å². The molecule has 0 spiro atoms. The summed E-state index contributed by atoms with van der Waals surface area (Å²) in [6, 6.07) is 0. The first kappa shape index (κ1) is 6.27. The minimum absolute atomic E-state index is 0.285. The lowest BCUT2D eigenvalue weighted by atomic mass is 10.2. The van der Waals surface area contributed by atoms with Crippen LogP contribution >= 0.6 is 0 Å². The Morgan fingerprint density at radius 3 is 2.89 bits per heavy atom. The van der Waals surface area contributed by atoms with Gasteiger partial charge in [-0.1, -0.05) is 18.2 Å². The molecule has 0 amide bonds. The number of rotatable bonds is 1. The summed E-state index contributed by atoms with van der Waals surface area (Å²) in [5.74, 6) is 0.285. The molecule has 0 aromatic heterocycles. The van der Waals surface area contributed by atoms with Crippen molar-refractivity contribution in [1.29, 1.82) is 0 Å². The molecule has 1 nitrogen and oxygen atoms in total. The van der Waals surface area contributed by atoms with Gasteiger partial charge < -0.3 is 0 Å². The predicted octanol–water partition coefficient (Wildman–Crippen LogP) is 1.85. The number of carbonyl (C=O) groups excluding carboxylic acids is 1. The molecular weight excluding hydrogens is 112 g/mol. The molecule has 0 heterocycles. The number of hydrogen-bond donors (Lipinski definition) is 0. The van der Waals surface area contributed by atoms with Crippen LogP contribution in [0.3, 0.4) is 0 Å². The van der Waals surface area contributed by atoms with Crippen molar-refractivity contribution in [2.24, 2.45) is 0 Å². The lowest BCUT2D eigenvalue weighted by Crippen LogP contribution is -1.90. The zero-order chi connectivity index (χ0) is 6.69. The van der Waals surface area contributed by atoms with Gasteiger partial charge in [0.1, 0.15) is 0 Å². The molecule has 0 atom stereocenters. The average Bonchev–Trinajstić information content (AvgIpc) is 2.18. The van der Waals surface area contributed by atoms with Crippen LogP contribution in [0.4, 0.5) is 0 Å². The van der Waals surface area contributed by atoms with Gasteiger partial charge >= 0.3 is 0 Å². The molecule has 0 N–H and O–H groups in total. The predicted molar refractivity (Wildman–Crippen MR) is 37.1 cm³/mol. The van der Waals surface area contributed by atoms with E-state index >= 15 is 0 Å². The van der Waals surface area contributed by atoms with Crippen molar-refractivity contribution in [2.75, 3.05) is 0 Å². The number of hydrogen-bond acceptors (Lipinski definition) is 1. The van der Waals surface area contributed by atoms with Crippen LogP contribution in [0.1, 0.15) is 19.8 Å². The lowest BCUT2D eigenvalue weighted by molar-refractivity contribution is -0.114. The molecular formula is C8H10O. The highest BCUT2D eigenvalue weighted by Crippen LogP contribution is 2.14. The topological polar surface area (TPSA) is 17.1 Å². The van der Waals surface area contributed by atoms with E-state index in [0.717, 1.165) is 12.0 Å². The van der Waals surface area contributed by atoms with Gasteiger partial charge in [0.25, 0.3) is 0 Å². The summed E-state index contributed by atoms with van der Waals surface area (Å²) in [5, 5.41) is 0. The molecule has 0 saturated heterocycles. The first-order valence-corrected chi connectivity index (χ1v) is 3.20. The fraction of sp³-hybridized carbons (Fsp3) is 0.375. The first-order valence-electron chi connectivity index (χ1n) is 3.20. The summed E-state index contributed by atoms with van der Waals surface area (Å²) in [7, 11) is 0. The monoisotopic (exact) mass is 122 g/mol. The van der Waals surface area contributed by atoms with E-state index in [1.54, 1.807) is 0 Å². The number of ketones is 1. The van der Waals surface area contributed by atoms with Crippen molar-refractivity contribution in [3.63, 3.8) is 0 Å². The van der Waals surface area contributed by atoms with Gasteiger partial charge in [-0.25, -0.2) is 0 Å². The largest absolute Gasteiger partial charge is 0.294 e. The SMILES string of the molecule is C/C=C/C1=CCCC1=O. The summed E-state index contributed by atoms with van der Waals surface area (Å²) in [6.45, 7) is 1.92. The van der Waals surface area contributed by atoms with Crippen LogP contribution in [0.5, 0.6) is 0 Å². The van der Waals surface area contributed by atoms with E-state index in [0.29, 0.717) is 6.42 Å². The maximum absolute atomic E-state index is 10.8. The van der Waals surface area contributed by atoms with Crippen LogP contribution in [-0.4, -0.2) is 5.78 Å². The van der Waals surface area contributed by atoms with Gasteiger partial charge in [-0.2, -0.15) is 0 Å². The Morgan fingerprint density at radius 1 is 1.67 bits per heavy atom. The molecule has 1 heteroatoms. The molecule has 0 radical (unpaired) electrons. The molecule has 1 aliphatic carbocycles. The Labute approximate surface area is 55.1 Å². The van der Waals surface area contributed by atoms with E-state index in [1.165, 1.54) is 0 Å². The van der Waals surface area contributed by atoms with Gasteiger partial charge in [-0.3, -0.25) is 4.79 Å². The van der Waals surface area contributed by atoms with Crippen LogP contribution in [0.2, 0.25) is 0 Å². The molecule has 0 fully saturated rings. The highest BCUT2D eigenvalue weighted by atomic mass is 16.1. The second-order valence-corrected chi connectivity index (χ2v) is 2.12. The summed E-state index contributed by atoms with van der Waals surface area (Å²) in [5.41, 5.74) is 0.887. The lowest BCUT2D eigenvalue weighted by Gasteiger charge is -1.85. The van der Waals surface area contributed by atoms with Gasteiger partial charge in [0, 0.05) is 12.0 Å². The third-order valence-electron chi connectivity index (χ3n) is 1.40. The molecule has 0 aliphatic heterocycles. The normalized spacial score (nSPS) is 19.2.